The minimum atomic E-state index is -2.93. The van der Waals surface area contributed by atoms with Crippen LogP contribution in [0.3, 0.4) is 0 Å². The van der Waals surface area contributed by atoms with Gasteiger partial charge in [0.15, 0.2) is 0 Å². The molecule has 0 unspecified atom stereocenters. The van der Waals surface area contributed by atoms with Gasteiger partial charge in [-0.25, -0.2) is 9.37 Å². The number of pyridine rings is 1. The molecule has 1 heterocycles. The molecule has 0 amide bonds. The molecule has 17 heavy (non-hydrogen) atoms. The highest BCUT2D eigenvalue weighted by Gasteiger charge is 2.07. The van der Waals surface area contributed by atoms with E-state index in [0.717, 1.165) is 0 Å². The molecule has 5 heteroatoms. The van der Waals surface area contributed by atoms with Gasteiger partial charge in [0, 0.05) is 11.6 Å². The Labute approximate surface area is 95.7 Å². The average molecular weight is 239 g/mol. The highest BCUT2D eigenvalue weighted by atomic mass is 19.3. The molecule has 2 rings (SSSR count). The summed E-state index contributed by atoms with van der Waals surface area (Å²) in [6.45, 7) is -2.93. The van der Waals surface area contributed by atoms with Crippen LogP contribution in [-0.2, 0) is 0 Å². The van der Waals surface area contributed by atoms with Crippen LogP contribution in [0.5, 0.6) is 5.88 Å². The van der Waals surface area contributed by atoms with Gasteiger partial charge in [0.2, 0.25) is 5.88 Å². The van der Waals surface area contributed by atoms with Crippen LogP contribution in [0.15, 0.2) is 42.5 Å². The summed E-state index contributed by atoms with van der Waals surface area (Å²) in [6.07, 6.45) is 0. The van der Waals surface area contributed by atoms with Crippen LogP contribution in [0.1, 0.15) is 0 Å². The first kappa shape index (κ1) is 11.4. The molecule has 1 aromatic carbocycles. The standard InChI is InChI=1S/C12H8F3NO/c13-9-4-1-3-8(7-9)10-5-2-6-11(16-10)17-12(14)15/h1-7,12H. The number of halogens is 3. The van der Waals surface area contributed by atoms with E-state index in [-0.39, 0.29) is 5.88 Å². The van der Waals surface area contributed by atoms with Gasteiger partial charge in [-0.3, -0.25) is 0 Å². The average Bonchev–Trinajstić information content (AvgIpc) is 2.28. The fourth-order valence-corrected chi connectivity index (χ4v) is 1.38. The molecule has 0 bridgehead atoms. The maximum atomic E-state index is 13.0. The Morgan fingerprint density at radius 3 is 2.53 bits per heavy atom. The Morgan fingerprint density at radius 1 is 1.06 bits per heavy atom. The zero-order valence-corrected chi connectivity index (χ0v) is 8.61. The lowest BCUT2D eigenvalue weighted by Crippen LogP contribution is -2.03. The predicted molar refractivity (Wildman–Crippen MR) is 56.3 cm³/mol. The minimum Gasteiger partial charge on any atom is -0.417 e. The van der Waals surface area contributed by atoms with Gasteiger partial charge in [0.25, 0.3) is 0 Å². The van der Waals surface area contributed by atoms with Crippen LogP contribution in [0.25, 0.3) is 11.3 Å². The molecular formula is C12H8F3NO. The quantitative estimate of drug-likeness (QED) is 0.817. The molecule has 0 saturated carbocycles. The highest BCUT2D eigenvalue weighted by Crippen LogP contribution is 2.21. The van der Waals surface area contributed by atoms with Crippen molar-refractivity contribution in [1.29, 1.82) is 0 Å². The lowest BCUT2D eigenvalue weighted by Gasteiger charge is -2.05. The lowest BCUT2D eigenvalue weighted by atomic mass is 10.1. The number of hydrogen-bond acceptors (Lipinski definition) is 2. The van der Waals surface area contributed by atoms with Gasteiger partial charge in [0.1, 0.15) is 5.82 Å². The van der Waals surface area contributed by atoms with Gasteiger partial charge in [-0.05, 0) is 18.2 Å². The number of hydrogen-bond donors (Lipinski definition) is 0. The summed E-state index contributed by atoms with van der Waals surface area (Å²) in [4.78, 5) is 3.86. The molecule has 0 aliphatic carbocycles. The second-order valence-electron chi connectivity index (χ2n) is 3.25. The summed E-state index contributed by atoms with van der Waals surface area (Å²) in [5.74, 6) is -0.605. The van der Waals surface area contributed by atoms with E-state index in [2.05, 4.69) is 9.72 Å². The van der Waals surface area contributed by atoms with Crippen molar-refractivity contribution in [3.63, 3.8) is 0 Å². The number of alkyl halides is 2. The van der Waals surface area contributed by atoms with Crippen molar-refractivity contribution in [2.24, 2.45) is 0 Å². The minimum absolute atomic E-state index is 0.193. The zero-order chi connectivity index (χ0) is 12.3. The van der Waals surface area contributed by atoms with Crippen molar-refractivity contribution >= 4 is 0 Å². The number of nitrogens with zero attached hydrogens (tertiary/aromatic N) is 1. The van der Waals surface area contributed by atoms with E-state index in [1.807, 2.05) is 0 Å². The van der Waals surface area contributed by atoms with E-state index in [1.54, 1.807) is 12.1 Å². The number of ether oxygens (including phenoxy) is 1. The Kier molecular flexibility index (Phi) is 3.27. The van der Waals surface area contributed by atoms with Gasteiger partial charge < -0.3 is 4.74 Å². The predicted octanol–water partition coefficient (Wildman–Crippen LogP) is 3.49. The summed E-state index contributed by atoms with van der Waals surface area (Å²) >= 11 is 0. The second-order valence-corrected chi connectivity index (χ2v) is 3.25. The molecule has 0 N–H and O–H groups in total. The normalized spacial score (nSPS) is 10.6. The molecular weight excluding hydrogens is 231 g/mol. The first-order chi connectivity index (χ1) is 8.15. The summed E-state index contributed by atoms with van der Waals surface area (Å²) in [5.41, 5.74) is 0.882. The van der Waals surface area contributed by atoms with Crippen molar-refractivity contribution < 1.29 is 17.9 Å². The Hall–Kier alpha value is -2.04. The smallest absolute Gasteiger partial charge is 0.388 e. The van der Waals surface area contributed by atoms with Crippen molar-refractivity contribution in [3.8, 4) is 17.1 Å². The highest BCUT2D eigenvalue weighted by molar-refractivity contribution is 5.59. The van der Waals surface area contributed by atoms with Gasteiger partial charge in [-0.1, -0.05) is 18.2 Å². The summed E-state index contributed by atoms with van der Waals surface area (Å²) < 4.78 is 41.1. The van der Waals surface area contributed by atoms with Crippen LogP contribution in [-0.4, -0.2) is 11.6 Å². The molecule has 0 aliphatic heterocycles. The molecule has 0 fully saturated rings. The third kappa shape index (κ3) is 2.96. The third-order valence-corrected chi connectivity index (χ3v) is 2.05. The van der Waals surface area contributed by atoms with Gasteiger partial charge in [-0.2, -0.15) is 8.78 Å². The summed E-state index contributed by atoms with van der Waals surface area (Å²) in [6, 6.07) is 10.1. The molecule has 0 saturated heterocycles. The van der Waals surface area contributed by atoms with E-state index in [4.69, 9.17) is 0 Å². The van der Waals surface area contributed by atoms with E-state index in [0.29, 0.717) is 11.3 Å². The first-order valence-corrected chi connectivity index (χ1v) is 4.83. The van der Waals surface area contributed by atoms with Crippen LogP contribution >= 0.6 is 0 Å². The summed E-state index contributed by atoms with van der Waals surface area (Å²) in [7, 11) is 0. The third-order valence-electron chi connectivity index (χ3n) is 2.05. The second kappa shape index (κ2) is 4.86. The number of rotatable bonds is 3. The van der Waals surface area contributed by atoms with E-state index in [1.165, 1.54) is 30.3 Å². The maximum Gasteiger partial charge on any atom is 0.388 e. The first-order valence-electron chi connectivity index (χ1n) is 4.83. The van der Waals surface area contributed by atoms with Crippen molar-refractivity contribution in [2.45, 2.75) is 6.61 Å². The van der Waals surface area contributed by atoms with Gasteiger partial charge in [-0.15, -0.1) is 0 Å². The monoisotopic (exact) mass is 239 g/mol. The maximum absolute atomic E-state index is 13.0. The van der Waals surface area contributed by atoms with Gasteiger partial charge >= 0.3 is 6.61 Å². The number of benzene rings is 1. The Morgan fingerprint density at radius 2 is 1.82 bits per heavy atom. The SMILES string of the molecule is Fc1cccc(-c2cccc(OC(F)F)n2)c1. The van der Waals surface area contributed by atoms with Crippen molar-refractivity contribution in [3.05, 3.63) is 48.3 Å². The fourth-order valence-electron chi connectivity index (χ4n) is 1.38. The van der Waals surface area contributed by atoms with Crippen LogP contribution in [0, 0.1) is 5.82 Å². The Balaban J connectivity index is 2.33. The molecule has 88 valence electrons. The van der Waals surface area contributed by atoms with Crippen LogP contribution in [0.4, 0.5) is 13.2 Å². The molecule has 0 atom stereocenters. The largest absolute Gasteiger partial charge is 0.417 e. The molecule has 0 spiro atoms. The van der Waals surface area contributed by atoms with Crippen molar-refractivity contribution in [2.75, 3.05) is 0 Å². The molecule has 2 aromatic rings. The number of aromatic nitrogens is 1. The topological polar surface area (TPSA) is 22.1 Å². The van der Waals surface area contributed by atoms with E-state index in [9.17, 15) is 13.2 Å². The van der Waals surface area contributed by atoms with E-state index < -0.39 is 12.4 Å². The zero-order valence-electron chi connectivity index (χ0n) is 8.61. The van der Waals surface area contributed by atoms with Crippen molar-refractivity contribution in [1.82, 2.24) is 4.98 Å². The fraction of sp³-hybridized carbons (Fsp3) is 0.0833. The molecule has 2 nitrogen and oxygen atoms in total. The molecule has 1 aromatic heterocycles. The lowest BCUT2D eigenvalue weighted by molar-refractivity contribution is -0.0527. The van der Waals surface area contributed by atoms with Crippen LogP contribution in [0.2, 0.25) is 0 Å². The molecule has 0 radical (unpaired) electrons. The summed E-state index contributed by atoms with van der Waals surface area (Å²) in [5, 5.41) is 0. The van der Waals surface area contributed by atoms with E-state index >= 15 is 0 Å². The van der Waals surface area contributed by atoms with Gasteiger partial charge in [0.05, 0.1) is 5.69 Å². The Bertz CT molecular complexity index is 517. The molecule has 0 aliphatic rings. The van der Waals surface area contributed by atoms with Crippen LogP contribution < -0.4 is 4.74 Å².